The molecule has 0 radical (unpaired) electrons. The number of hydrogen-bond acceptors (Lipinski definition) is 6. The Labute approximate surface area is 160 Å². The van der Waals surface area contributed by atoms with E-state index in [1.54, 1.807) is 0 Å². The Morgan fingerprint density at radius 2 is 1.04 bits per heavy atom. The molecule has 2 unspecified atom stereocenters. The minimum atomic E-state index is -0.270. The summed E-state index contributed by atoms with van der Waals surface area (Å²) in [6, 6.07) is 2.13. The maximum atomic E-state index is 10.3. The van der Waals surface area contributed by atoms with Crippen LogP contribution < -0.4 is 10.6 Å². The molecule has 2 aliphatic heterocycles. The third-order valence-corrected chi connectivity index (χ3v) is 5.98. The van der Waals surface area contributed by atoms with Crippen molar-refractivity contribution in [1.29, 1.82) is 0 Å². The van der Waals surface area contributed by atoms with Gasteiger partial charge in [0.15, 0.2) is 0 Å². The standard InChI is InChI=1S/C20H42N4O2/c1-13(2)21-17-9-23(11-19(17)25)15(5)7-8-16(6)24-10-18(20(26)12-24)22-14(3)4/h13-22,25-26H,7-12H2,1-6H3/t15?,16?,17-,18-,19+,20+/m0/s1. The van der Waals surface area contributed by atoms with E-state index < -0.39 is 0 Å². The molecule has 6 heteroatoms. The highest BCUT2D eigenvalue weighted by Gasteiger charge is 2.35. The Hall–Kier alpha value is -0.240. The lowest BCUT2D eigenvalue weighted by molar-refractivity contribution is 0.134. The molecule has 4 N–H and O–H groups in total. The second-order valence-electron chi connectivity index (χ2n) is 9.17. The number of β-amino-alcohol motifs (C(OH)–C–C–N with tert-alkyl or cyclic N) is 2. The van der Waals surface area contributed by atoms with Crippen molar-refractivity contribution in [1.82, 2.24) is 20.4 Å². The Morgan fingerprint density at radius 3 is 1.35 bits per heavy atom. The van der Waals surface area contributed by atoms with Crippen molar-refractivity contribution in [3.8, 4) is 0 Å². The third kappa shape index (κ3) is 6.14. The van der Waals surface area contributed by atoms with Crippen LogP contribution >= 0.6 is 0 Å². The van der Waals surface area contributed by atoms with Crippen molar-refractivity contribution >= 4 is 0 Å². The van der Waals surface area contributed by atoms with Crippen LogP contribution in [0, 0.1) is 0 Å². The summed E-state index contributed by atoms with van der Waals surface area (Å²) in [5.74, 6) is 0. The number of rotatable bonds is 9. The van der Waals surface area contributed by atoms with E-state index in [4.69, 9.17) is 0 Å². The molecule has 6 atom stereocenters. The van der Waals surface area contributed by atoms with Crippen LogP contribution in [0.4, 0.5) is 0 Å². The zero-order chi connectivity index (χ0) is 19.4. The van der Waals surface area contributed by atoms with E-state index in [0.717, 1.165) is 39.0 Å². The van der Waals surface area contributed by atoms with Crippen molar-refractivity contribution in [3.63, 3.8) is 0 Å². The second-order valence-corrected chi connectivity index (χ2v) is 9.17. The maximum Gasteiger partial charge on any atom is 0.0832 e. The fourth-order valence-electron chi connectivity index (χ4n) is 4.38. The van der Waals surface area contributed by atoms with Crippen LogP contribution in [0.25, 0.3) is 0 Å². The van der Waals surface area contributed by atoms with Crippen molar-refractivity contribution in [2.75, 3.05) is 26.2 Å². The number of hydrogen-bond donors (Lipinski definition) is 4. The topological polar surface area (TPSA) is 71.0 Å². The van der Waals surface area contributed by atoms with Gasteiger partial charge in [0.05, 0.1) is 12.2 Å². The van der Waals surface area contributed by atoms with Gasteiger partial charge in [0.25, 0.3) is 0 Å². The van der Waals surface area contributed by atoms with Gasteiger partial charge in [-0.15, -0.1) is 0 Å². The van der Waals surface area contributed by atoms with Gasteiger partial charge in [0, 0.05) is 62.4 Å². The van der Waals surface area contributed by atoms with E-state index in [2.05, 4.69) is 62.0 Å². The largest absolute Gasteiger partial charge is 0.390 e. The van der Waals surface area contributed by atoms with Crippen molar-refractivity contribution in [2.45, 2.75) is 103 Å². The predicted octanol–water partition coefficient (Wildman–Crippen LogP) is 0.630. The highest BCUT2D eigenvalue weighted by atomic mass is 16.3. The Morgan fingerprint density at radius 1 is 0.692 bits per heavy atom. The van der Waals surface area contributed by atoms with Crippen molar-refractivity contribution < 1.29 is 10.2 Å². The lowest BCUT2D eigenvalue weighted by atomic mass is 10.1. The van der Waals surface area contributed by atoms with Gasteiger partial charge in [-0.05, 0) is 26.7 Å². The van der Waals surface area contributed by atoms with Gasteiger partial charge in [0.1, 0.15) is 0 Å². The van der Waals surface area contributed by atoms with Crippen LogP contribution in [0.15, 0.2) is 0 Å². The van der Waals surface area contributed by atoms with Gasteiger partial charge in [-0.3, -0.25) is 9.80 Å². The number of aliphatic hydroxyl groups excluding tert-OH is 2. The summed E-state index contributed by atoms with van der Waals surface area (Å²) in [6.07, 6.45) is 1.71. The molecule has 0 aromatic heterocycles. The Bertz CT molecular complexity index is 383. The van der Waals surface area contributed by atoms with Gasteiger partial charge in [-0.25, -0.2) is 0 Å². The lowest BCUT2D eigenvalue weighted by Gasteiger charge is -2.29. The van der Waals surface area contributed by atoms with E-state index >= 15 is 0 Å². The van der Waals surface area contributed by atoms with E-state index in [9.17, 15) is 10.2 Å². The van der Waals surface area contributed by atoms with Gasteiger partial charge in [-0.2, -0.15) is 0 Å². The Balaban J connectivity index is 1.74. The number of likely N-dealkylation sites (tertiary alicyclic amines) is 2. The molecule has 26 heavy (non-hydrogen) atoms. The van der Waals surface area contributed by atoms with Gasteiger partial charge < -0.3 is 20.8 Å². The lowest BCUT2D eigenvalue weighted by Crippen LogP contribution is -2.43. The minimum absolute atomic E-state index is 0.187. The first-order valence-electron chi connectivity index (χ1n) is 10.5. The normalized spacial score (nSPS) is 33.5. The molecule has 154 valence electrons. The third-order valence-electron chi connectivity index (χ3n) is 5.98. The highest BCUT2D eigenvalue weighted by Crippen LogP contribution is 2.21. The average molecular weight is 371 g/mol. The number of aliphatic hydroxyl groups is 2. The molecule has 2 aliphatic rings. The van der Waals surface area contributed by atoms with Crippen LogP contribution in [0.2, 0.25) is 0 Å². The highest BCUT2D eigenvalue weighted by molar-refractivity contribution is 4.94. The first-order chi connectivity index (χ1) is 12.2. The van der Waals surface area contributed by atoms with Crippen LogP contribution in [-0.4, -0.2) is 94.7 Å². The predicted molar refractivity (Wildman–Crippen MR) is 107 cm³/mol. The SMILES string of the molecule is CC(C)N[C@H]1CN(C(C)CCC(C)N2C[C@@H](O)[C@@H](NC(C)C)C2)C[C@H]1O. The maximum absolute atomic E-state index is 10.3. The van der Waals surface area contributed by atoms with Gasteiger partial charge in [-0.1, -0.05) is 27.7 Å². The fourth-order valence-corrected chi connectivity index (χ4v) is 4.38. The molecule has 0 spiro atoms. The molecule has 2 heterocycles. The molecule has 0 aromatic carbocycles. The van der Waals surface area contributed by atoms with Crippen molar-refractivity contribution in [3.05, 3.63) is 0 Å². The smallest absolute Gasteiger partial charge is 0.0832 e. The molecule has 2 saturated heterocycles. The first-order valence-corrected chi connectivity index (χ1v) is 10.5. The summed E-state index contributed by atoms with van der Waals surface area (Å²) in [4.78, 5) is 4.83. The summed E-state index contributed by atoms with van der Waals surface area (Å²) in [5, 5.41) is 27.5. The molecule has 2 rings (SSSR count). The van der Waals surface area contributed by atoms with Gasteiger partial charge >= 0.3 is 0 Å². The number of nitrogens with one attached hydrogen (secondary N) is 2. The molecule has 0 saturated carbocycles. The Kier molecular flexibility index (Phi) is 8.32. The molecule has 2 fully saturated rings. The minimum Gasteiger partial charge on any atom is -0.390 e. The summed E-state index contributed by atoms with van der Waals surface area (Å²) in [6.45, 7) is 16.5. The molecule has 6 nitrogen and oxygen atoms in total. The quantitative estimate of drug-likeness (QED) is 0.477. The van der Waals surface area contributed by atoms with E-state index in [1.807, 2.05) is 0 Å². The zero-order valence-corrected chi connectivity index (χ0v) is 17.7. The van der Waals surface area contributed by atoms with Gasteiger partial charge in [0.2, 0.25) is 0 Å². The van der Waals surface area contributed by atoms with E-state index in [1.165, 1.54) is 0 Å². The summed E-state index contributed by atoms with van der Waals surface area (Å²) in [7, 11) is 0. The van der Waals surface area contributed by atoms with E-state index in [0.29, 0.717) is 24.2 Å². The fraction of sp³-hybridized carbons (Fsp3) is 1.00. The first kappa shape index (κ1) is 22.1. The second kappa shape index (κ2) is 9.80. The van der Waals surface area contributed by atoms with Crippen LogP contribution in [0.5, 0.6) is 0 Å². The average Bonchev–Trinajstić information content (AvgIpc) is 3.07. The molecule has 0 aromatic rings. The molecule has 0 amide bonds. The van der Waals surface area contributed by atoms with Crippen LogP contribution in [0.1, 0.15) is 54.4 Å². The molecular weight excluding hydrogens is 328 g/mol. The monoisotopic (exact) mass is 370 g/mol. The number of nitrogens with zero attached hydrogens (tertiary/aromatic N) is 2. The molecule has 0 aliphatic carbocycles. The van der Waals surface area contributed by atoms with Crippen LogP contribution in [-0.2, 0) is 0 Å². The zero-order valence-electron chi connectivity index (χ0n) is 17.7. The van der Waals surface area contributed by atoms with Crippen molar-refractivity contribution in [2.24, 2.45) is 0 Å². The van der Waals surface area contributed by atoms with Crippen LogP contribution in [0.3, 0.4) is 0 Å². The molecular formula is C20H42N4O2. The molecule has 0 bridgehead atoms. The summed E-state index contributed by atoms with van der Waals surface area (Å²) in [5.41, 5.74) is 0. The summed E-state index contributed by atoms with van der Waals surface area (Å²) >= 11 is 0. The summed E-state index contributed by atoms with van der Waals surface area (Å²) < 4.78 is 0. The van der Waals surface area contributed by atoms with E-state index in [-0.39, 0.29) is 24.3 Å².